The van der Waals surface area contributed by atoms with E-state index in [9.17, 15) is 31.7 Å². The van der Waals surface area contributed by atoms with Gasteiger partial charge in [-0.2, -0.15) is 8.78 Å². The van der Waals surface area contributed by atoms with E-state index in [1.54, 1.807) is 0 Å². The molecule has 2 unspecified atom stereocenters. The van der Waals surface area contributed by atoms with Gasteiger partial charge in [-0.1, -0.05) is 0 Å². The van der Waals surface area contributed by atoms with Crippen LogP contribution >= 0.6 is 0 Å². The SMILES string of the molecule is O=C(OCC(F)(F)S(=O)(=O)[O-])C12CC3CC(CC(O)(C3)C1)C2. The number of aliphatic hydroxyl groups is 1. The number of carbonyl (C=O) groups is 1. The maximum absolute atomic E-state index is 13.1. The van der Waals surface area contributed by atoms with Crippen molar-refractivity contribution in [1.82, 2.24) is 0 Å². The summed E-state index contributed by atoms with van der Waals surface area (Å²) in [4.78, 5) is 12.2. The van der Waals surface area contributed by atoms with E-state index in [-0.39, 0.29) is 18.3 Å². The van der Waals surface area contributed by atoms with Crippen molar-refractivity contribution in [2.45, 2.75) is 49.4 Å². The standard InChI is InChI=1S/C13H18F2O6S/c14-13(15,22(18,19)20)7-21-10(16)11-2-8-1-9(3-11)5-12(17,4-8)6-11/h8-9,17H,1-7H2,(H,18,19,20)/p-1. The molecule has 0 aromatic heterocycles. The van der Waals surface area contributed by atoms with Crippen LogP contribution in [0.2, 0.25) is 0 Å². The van der Waals surface area contributed by atoms with E-state index < -0.39 is 39.0 Å². The minimum atomic E-state index is -5.88. The molecule has 4 bridgehead atoms. The first-order valence-corrected chi connectivity index (χ1v) is 8.59. The molecule has 0 saturated heterocycles. The second kappa shape index (κ2) is 4.61. The molecule has 0 heterocycles. The quantitative estimate of drug-likeness (QED) is 0.605. The number of halogens is 2. The van der Waals surface area contributed by atoms with E-state index in [1.165, 1.54) is 0 Å². The summed E-state index contributed by atoms with van der Waals surface area (Å²) in [5.74, 6) is -0.617. The van der Waals surface area contributed by atoms with Gasteiger partial charge in [0, 0.05) is 0 Å². The second-order valence-electron chi connectivity index (χ2n) is 7.13. The second-order valence-corrected chi connectivity index (χ2v) is 8.64. The van der Waals surface area contributed by atoms with Crippen molar-refractivity contribution in [1.29, 1.82) is 0 Å². The highest BCUT2D eigenvalue weighted by molar-refractivity contribution is 7.86. The molecule has 126 valence electrons. The number of carbonyl (C=O) groups excluding carboxylic acids is 1. The minimum absolute atomic E-state index is 0.154. The zero-order valence-electron chi connectivity index (χ0n) is 11.8. The number of esters is 1. The number of alkyl halides is 2. The summed E-state index contributed by atoms with van der Waals surface area (Å²) in [5, 5.41) is 5.84. The van der Waals surface area contributed by atoms with E-state index in [0.717, 1.165) is 6.42 Å². The zero-order valence-corrected chi connectivity index (χ0v) is 12.6. The largest absolute Gasteiger partial charge is 0.743 e. The van der Waals surface area contributed by atoms with E-state index in [2.05, 4.69) is 4.74 Å². The first kappa shape index (κ1) is 16.1. The Morgan fingerprint density at radius 1 is 1.27 bits per heavy atom. The monoisotopic (exact) mass is 339 g/mol. The lowest BCUT2D eigenvalue weighted by Gasteiger charge is -2.58. The number of hydrogen-bond acceptors (Lipinski definition) is 6. The molecule has 2 atom stereocenters. The third-order valence-corrected chi connectivity index (χ3v) is 6.05. The molecular weight excluding hydrogens is 322 g/mol. The minimum Gasteiger partial charge on any atom is -0.743 e. The fraction of sp³-hybridized carbons (Fsp3) is 0.923. The van der Waals surface area contributed by atoms with Gasteiger partial charge in [-0.15, -0.1) is 0 Å². The Balaban J connectivity index is 1.73. The summed E-state index contributed by atoms with van der Waals surface area (Å²) < 4.78 is 62.0. The van der Waals surface area contributed by atoms with Gasteiger partial charge in [0.25, 0.3) is 0 Å². The number of rotatable bonds is 4. The van der Waals surface area contributed by atoms with Crippen LogP contribution in [0.1, 0.15) is 38.5 Å². The number of hydrogen-bond donors (Lipinski definition) is 1. The molecule has 22 heavy (non-hydrogen) atoms. The maximum atomic E-state index is 13.1. The van der Waals surface area contributed by atoms with Crippen molar-refractivity contribution in [3.8, 4) is 0 Å². The highest BCUT2D eigenvalue weighted by Crippen LogP contribution is 2.62. The predicted molar refractivity (Wildman–Crippen MR) is 67.7 cm³/mol. The van der Waals surface area contributed by atoms with Crippen molar-refractivity contribution >= 4 is 16.1 Å². The Hall–Kier alpha value is -0.800. The lowest BCUT2D eigenvalue weighted by Crippen LogP contribution is -2.58. The molecule has 4 fully saturated rings. The van der Waals surface area contributed by atoms with Crippen LogP contribution in [0.3, 0.4) is 0 Å². The summed E-state index contributed by atoms with van der Waals surface area (Å²) >= 11 is 0. The lowest BCUT2D eigenvalue weighted by atomic mass is 9.48. The Bertz CT molecular complexity index is 588. The highest BCUT2D eigenvalue weighted by Gasteiger charge is 2.61. The lowest BCUT2D eigenvalue weighted by molar-refractivity contribution is -0.199. The van der Waals surface area contributed by atoms with Gasteiger partial charge in [-0.3, -0.25) is 4.79 Å². The van der Waals surface area contributed by atoms with E-state index >= 15 is 0 Å². The summed E-state index contributed by atoms with van der Waals surface area (Å²) in [6.45, 7) is -1.77. The van der Waals surface area contributed by atoms with Crippen LogP contribution in [-0.4, -0.2) is 41.5 Å². The van der Waals surface area contributed by atoms with Crippen LogP contribution in [0.15, 0.2) is 0 Å². The molecule has 4 rings (SSSR count). The fourth-order valence-corrected chi connectivity index (χ4v) is 5.03. The smallest absolute Gasteiger partial charge is 0.367 e. The molecule has 0 aliphatic heterocycles. The topological polar surface area (TPSA) is 104 Å². The average Bonchev–Trinajstić information content (AvgIpc) is 2.31. The summed E-state index contributed by atoms with van der Waals surface area (Å²) in [7, 11) is -5.88. The molecule has 4 aliphatic carbocycles. The molecule has 0 aromatic rings. The molecule has 0 aromatic carbocycles. The molecule has 6 nitrogen and oxygen atoms in total. The van der Waals surface area contributed by atoms with Crippen molar-refractivity contribution < 1.29 is 36.4 Å². The Morgan fingerprint density at radius 2 is 1.82 bits per heavy atom. The van der Waals surface area contributed by atoms with Crippen molar-refractivity contribution in [2.24, 2.45) is 17.3 Å². The Kier molecular flexibility index (Phi) is 3.37. The third kappa shape index (κ3) is 2.52. The molecule has 9 heteroatoms. The molecule has 4 saturated carbocycles. The summed E-state index contributed by atoms with van der Waals surface area (Å²) in [6.07, 6.45) is 3.18. The first-order chi connectivity index (χ1) is 9.95. The maximum Gasteiger partial charge on any atom is 0.367 e. The van der Waals surface area contributed by atoms with Gasteiger partial charge in [0.05, 0.1) is 11.0 Å². The van der Waals surface area contributed by atoms with Crippen LogP contribution in [0, 0.1) is 17.3 Å². The van der Waals surface area contributed by atoms with Crippen LogP contribution in [0.4, 0.5) is 8.78 Å². The van der Waals surface area contributed by atoms with E-state index in [1.807, 2.05) is 0 Å². The predicted octanol–water partition coefficient (Wildman–Crippen LogP) is 0.999. The van der Waals surface area contributed by atoms with Crippen LogP contribution in [0.25, 0.3) is 0 Å². The molecule has 4 aliphatic rings. The van der Waals surface area contributed by atoms with Crippen molar-refractivity contribution in [3.05, 3.63) is 0 Å². The Morgan fingerprint density at radius 3 is 2.27 bits per heavy atom. The van der Waals surface area contributed by atoms with Crippen LogP contribution in [0.5, 0.6) is 0 Å². The van der Waals surface area contributed by atoms with Crippen LogP contribution < -0.4 is 0 Å². The molecule has 0 radical (unpaired) electrons. The molecule has 0 amide bonds. The molecular formula is C13H17F2O6S-. The van der Waals surface area contributed by atoms with Gasteiger partial charge in [-0.25, -0.2) is 8.42 Å². The average molecular weight is 339 g/mol. The first-order valence-electron chi connectivity index (χ1n) is 7.18. The zero-order chi connectivity index (χ0) is 16.4. The molecule has 1 N–H and O–H groups in total. The van der Waals surface area contributed by atoms with E-state index in [0.29, 0.717) is 25.7 Å². The highest BCUT2D eigenvalue weighted by atomic mass is 32.2. The van der Waals surface area contributed by atoms with E-state index in [4.69, 9.17) is 0 Å². The van der Waals surface area contributed by atoms with Gasteiger partial charge in [0.1, 0.15) is 0 Å². The summed E-state index contributed by atoms with van der Waals surface area (Å²) in [5.41, 5.74) is -1.99. The normalized spacial score (nSPS) is 40.7. The van der Waals surface area contributed by atoms with Crippen molar-refractivity contribution in [3.63, 3.8) is 0 Å². The van der Waals surface area contributed by atoms with Gasteiger partial charge >= 0.3 is 11.2 Å². The molecule has 0 spiro atoms. The Labute approximate surface area is 126 Å². The van der Waals surface area contributed by atoms with Crippen LogP contribution in [-0.2, 0) is 19.6 Å². The summed E-state index contributed by atoms with van der Waals surface area (Å²) in [6, 6.07) is 0. The van der Waals surface area contributed by atoms with Gasteiger partial charge in [-0.05, 0) is 50.4 Å². The fourth-order valence-electron chi connectivity index (χ4n) is 4.83. The van der Waals surface area contributed by atoms with Gasteiger partial charge in [0.15, 0.2) is 16.7 Å². The third-order valence-electron chi connectivity index (χ3n) is 5.20. The van der Waals surface area contributed by atoms with Gasteiger partial charge in [0.2, 0.25) is 0 Å². The van der Waals surface area contributed by atoms with Crippen molar-refractivity contribution in [2.75, 3.05) is 6.61 Å². The van der Waals surface area contributed by atoms with Gasteiger partial charge < -0.3 is 14.4 Å². The number of ether oxygens (including phenoxy) is 1.